The quantitative estimate of drug-likeness (QED) is 0.780. The zero-order valence-electron chi connectivity index (χ0n) is 13.9. The van der Waals surface area contributed by atoms with Crippen LogP contribution in [0.5, 0.6) is 0 Å². The van der Waals surface area contributed by atoms with Gasteiger partial charge in [-0.3, -0.25) is 0 Å². The third-order valence-electron chi connectivity index (χ3n) is 4.28. The molecule has 1 aromatic carbocycles. The van der Waals surface area contributed by atoms with Gasteiger partial charge in [-0.15, -0.1) is 0 Å². The molecule has 3 aliphatic rings. The Morgan fingerprint density at radius 2 is 1.84 bits per heavy atom. The lowest BCUT2D eigenvalue weighted by molar-refractivity contribution is -0.408. The van der Waals surface area contributed by atoms with E-state index in [1.807, 2.05) is 30.3 Å². The topological polar surface area (TPSA) is 89.5 Å². The fourth-order valence-electron chi connectivity index (χ4n) is 3.25. The van der Waals surface area contributed by atoms with Gasteiger partial charge in [0.2, 0.25) is 0 Å². The molecule has 5 atom stereocenters. The molecule has 3 fully saturated rings. The van der Waals surface area contributed by atoms with Gasteiger partial charge in [-0.1, -0.05) is 30.3 Å². The Kier molecular flexibility index (Phi) is 4.35. The van der Waals surface area contributed by atoms with E-state index in [2.05, 4.69) is 0 Å². The third-order valence-corrected chi connectivity index (χ3v) is 5.22. The maximum atomic E-state index is 11.6. The number of fused-ring (bicyclic) bond motifs is 3. The lowest BCUT2D eigenvalue weighted by atomic mass is 9.97. The molecule has 0 aliphatic carbocycles. The number of hydrogen-bond donors (Lipinski definition) is 0. The zero-order chi connectivity index (χ0) is 17.7. The maximum absolute atomic E-state index is 11.6. The van der Waals surface area contributed by atoms with Crippen LogP contribution in [0.15, 0.2) is 30.3 Å². The van der Waals surface area contributed by atoms with E-state index in [0.29, 0.717) is 6.61 Å². The average molecular weight is 372 g/mol. The van der Waals surface area contributed by atoms with Crippen molar-refractivity contribution in [2.75, 3.05) is 6.61 Å². The van der Waals surface area contributed by atoms with Gasteiger partial charge in [0.25, 0.3) is 0 Å². The summed E-state index contributed by atoms with van der Waals surface area (Å²) in [7, 11) is -4.03. The molecular weight excluding hydrogens is 352 g/mol. The number of ether oxygens (including phenoxy) is 4. The van der Waals surface area contributed by atoms with Crippen molar-refractivity contribution in [3.05, 3.63) is 35.9 Å². The van der Waals surface area contributed by atoms with Gasteiger partial charge in [-0.2, -0.15) is 8.42 Å². The number of benzene rings is 1. The number of hydrogen-bond acceptors (Lipinski definition) is 8. The molecular formula is C16H20O8S. The van der Waals surface area contributed by atoms with Crippen LogP contribution in [0, 0.1) is 0 Å². The molecule has 0 saturated carbocycles. The summed E-state index contributed by atoms with van der Waals surface area (Å²) in [4.78, 5) is 0. The molecule has 8 nitrogen and oxygen atoms in total. The summed E-state index contributed by atoms with van der Waals surface area (Å²) in [6.45, 7) is 3.85. The van der Waals surface area contributed by atoms with E-state index < -0.39 is 46.9 Å². The zero-order valence-corrected chi connectivity index (χ0v) is 14.7. The van der Waals surface area contributed by atoms with Crippen LogP contribution in [0.2, 0.25) is 0 Å². The Balaban J connectivity index is 1.52. The highest BCUT2D eigenvalue weighted by Gasteiger charge is 2.58. The Morgan fingerprint density at radius 3 is 2.60 bits per heavy atom. The predicted molar refractivity (Wildman–Crippen MR) is 83.5 cm³/mol. The van der Waals surface area contributed by atoms with Crippen LogP contribution in [0.4, 0.5) is 0 Å². The molecule has 9 heteroatoms. The van der Waals surface area contributed by atoms with Gasteiger partial charge in [0.15, 0.2) is 12.1 Å². The van der Waals surface area contributed by atoms with Crippen LogP contribution in [0.25, 0.3) is 0 Å². The lowest BCUT2D eigenvalue weighted by Crippen LogP contribution is -2.64. The smallest absolute Gasteiger partial charge is 0.367 e. The summed E-state index contributed by atoms with van der Waals surface area (Å²) in [5.41, 5.74) is 0.990. The molecule has 4 rings (SSSR count). The van der Waals surface area contributed by atoms with E-state index in [-0.39, 0.29) is 6.61 Å². The predicted octanol–water partition coefficient (Wildman–Crippen LogP) is 1.11. The van der Waals surface area contributed by atoms with Crippen LogP contribution >= 0.6 is 0 Å². The largest absolute Gasteiger partial charge is 0.400 e. The van der Waals surface area contributed by atoms with E-state index in [1.165, 1.54) is 0 Å². The van der Waals surface area contributed by atoms with Crippen LogP contribution < -0.4 is 0 Å². The first-order valence-electron chi connectivity index (χ1n) is 8.07. The monoisotopic (exact) mass is 372 g/mol. The normalized spacial score (nSPS) is 38.7. The minimum Gasteiger partial charge on any atom is -0.367 e. The van der Waals surface area contributed by atoms with Crippen molar-refractivity contribution in [1.82, 2.24) is 0 Å². The van der Waals surface area contributed by atoms with Crippen molar-refractivity contribution < 1.29 is 35.7 Å². The van der Waals surface area contributed by atoms with Gasteiger partial charge in [0.05, 0.1) is 13.2 Å². The third kappa shape index (κ3) is 3.59. The molecule has 5 unspecified atom stereocenters. The fraction of sp³-hybridized carbons (Fsp3) is 0.625. The molecule has 138 valence electrons. The standard InChI is InChI=1S/C16H20O8S/c1-16(2)21-13-12-11(23-25(17,18)24-12)9-19-14(13)15(22-16)20-8-10-6-4-3-5-7-10/h3-7,11-15H,8-9H2,1-2H3. The second-order valence-corrected chi connectivity index (χ2v) is 7.87. The van der Waals surface area contributed by atoms with Crippen molar-refractivity contribution in [2.24, 2.45) is 0 Å². The van der Waals surface area contributed by atoms with Crippen molar-refractivity contribution in [3.63, 3.8) is 0 Å². The Bertz CT molecular complexity index is 719. The van der Waals surface area contributed by atoms with Gasteiger partial charge in [0.1, 0.15) is 24.4 Å². The van der Waals surface area contributed by atoms with Crippen molar-refractivity contribution in [1.29, 1.82) is 0 Å². The first kappa shape index (κ1) is 17.3. The van der Waals surface area contributed by atoms with Gasteiger partial charge in [0, 0.05) is 0 Å². The second-order valence-electron chi connectivity index (χ2n) is 6.67. The minimum absolute atomic E-state index is 0.0589. The molecule has 0 N–H and O–H groups in total. The summed E-state index contributed by atoms with van der Waals surface area (Å²) in [5, 5.41) is 0. The second kappa shape index (κ2) is 6.27. The van der Waals surface area contributed by atoms with Gasteiger partial charge >= 0.3 is 10.4 Å². The molecule has 3 aliphatic heterocycles. The molecule has 3 heterocycles. The summed E-state index contributed by atoms with van der Waals surface area (Å²) in [6, 6.07) is 9.66. The van der Waals surface area contributed by atoms with E-state index in [9.17, 15) is 8.42 Å². The van der Waals surface area contributed by atoms with Crippen molar-refractivity contribution in [3.8, 4) is 0 Å². The maximum Gasteiger partial charge on any atom is 0.400 e. The summed E-state index contributed by atoms with van der Waals surface area (Å²) < 4.78 is 56.5. The van der Waals surface area contributed by atoms with E-state index >= 15 is 0 Å². The van der Waals surface area contributed by atoms with Crippen LogP contribution in [-0.4, -0.2) is 51.5 Å². The van der Waals surface area contributed by atoms with Gasteiger partial charge in [-0.25, -0.2) is 8.37 Å². The molecule has 25 heavy (non-hydrogen) atoms. The molecule has 0 radical (unpaired) electrons. The highest BCUT2D eigenvalue weighted by atomic mass is 32.3. The fourth-order valence-corrected chi connectivity index (χ4v) is 4.27. The summed E-state index contributed by atoms with van der Waals surface area (Å²) in [6.07, 6.45) is -3.53. The van der Waals surface area contributed by atoms with Gasteiger partial charge < -0.3 is 18.9 Å². The first-order valence-corrected chi connectivity index (χ1v) is 9.41. The van der Waals surface area contributed by atoms with E-state index in [1.54, 1.807) is 13.8 Å². The molecule has 0 spiro atoms. The van der Waals surface area contributed by atoms with E-state index in [4.69, 9.17) is 27.3 Å². The van der Waals surface area contributed by atoms with Crippen molar-refractivity contribution in [2.45, 2.75) is 56.9 Å². The highest BCUT2D eigenvalue weighted by molar-refractivity contribution is 7.82. The van der Waals surface area contributed by atoms with Crippen LogP contribution in [0.1, 0.15) is 19.4 Å². The van der Waals surface area contributed by atoms with Crippen LogP contribution in [0.3, 0.4) is 0 Å². The SMILES string of the molecule is CC1(C)OC(OCc2ccccc2)C2OCC3OS(=O)(=O)OC3C2O1. The highest BCUT2D eigenvalue weighted by Crippen LogP contribution is 2.39. The summed E-state index contributed by atoms with van der Waals surface area (Å²) in [5.74, 6) is -0.983. The lowest BCUT2D eigenvalue weighted by Gasteiger charge is -2.48. The molecule has 0 amide bonds. The van der Waals surface area contributed by atoms with Gasteiger partial charge in [-0.05, 0) is 19.4 Å². The van der Waals surface area contributed by atoms with Crippen LogP contribution in [-0.2, 0) is 44.3 Å². The molecule has 1 aromatic rings. The van der Waals surface area contributed by atoms with E-state index in [0.717, 1.165) is 5.56 Å². The minimum atomic E-state index is -4.03. The average Bonchev–Trinajstić information content (AvgIpc) is 2.87. The Labute approximate surface area is 146 Å². The van der Waals surface area contributed by atoms with Crippen molar-refractivity contribution >= 4 is 10.4 Å². The molecule has 3 saturated heterocycles. The Hall–Kier alpha value is -1.07. The molecule has 0 bridgehead atoms. The number of rotatable bonds is 3. The Morgan fingerprint density at radius 1 is 1.08 bits per heavy atom. The first-order chi connectivity index (χ1) is 11.8. The molecule has 0 aromatic heterocycles. The summed E-state index contributed by atoms with van der Waals surface area (Å²) >= 11 is 0.